The van der Waals surface area contributed by atoms with Gasteiger partial charge in [-0.15, -0.1) is 0 Å². The molecule has 2 heteroatoms. The zero-order valence-electron chi connectivity index (χ0n) is 20.7. The van der Waals surface area contributed by atoms with E-state index in [1.54, 1.807) is 0 Å². The fourth-order valence-electron chi connectivity index (χ4n) is 5.68. The number of imidazole rings is 1. The zero-order valence-corrected chi connectivity index (χ0v) is 20.7. The molecule has 37 heavy (non-hydrogen) atoms. The van der Waals surface area contributed by atoms with Gasteiger partial charge in [-0.05, 0) is 51.2 Å². The summed E-state index contributed by atoms with van der Waals surface area (Å²) in [4.78, 5) is 5.03. The van der Waals surface area contributed by atoms with Gasteiger partial charge in [-0.3, -0.25) is 4.57 Å². The van der Waals surface area contributed by atoms with Crippen molar-refractivity contribution in [2.45, 2.75) is 13.3 Å². The van der Waals surface area contributed by atoms with Gasteiger partial charge in [0, 0.05) is 17.2 Å². The van der Waals surface area contributed by atoms with E-state index in [2.05, 4.69) is 139 Å². The Balaban J connectivity index is 1.69. The summed E-state index contributed by atoms with van der Waals surface area (Å²) in [7, 11) is 0. The van der Waals surface area contributed by atoms with Crippen LogP contribution < -0.4 is 0 Å². The van der Waals surface area contributed by atoms with E-state index in [-0.39, 0.29) is 0 Å². The van der Waals surface area contributed by atoms with E-state index >= 15 is 0 Å². The normalized spacial score (nSPS) is 11.5. The summed E-state index contributed by atoms with van der Waals surface area (Å²) in [5, 5.41) is 4.97. The van der Waals surface area contributed by atoms with Crippen molar-refractivity contribution in [1.29, 1.82) is 0 Å². The van der Waals surface area contributed by atoms with Crippen molar-refractivity contribution in [3.05, 3.63) is 133 Å². The highest BCUT2D eigenvalue weighted by Crippen LogP contribution is 2.43. The smallest absolute Gasteiger partial charge is 0.114 e. The quantitative estimate of drug-likeness (QED) is 0.232. The molecule has 0 unspecified atom stereocenters. The van der Waals surface area contributed by atoms with Crippen LogP contribution >= 0.6 is 0 Å². The van der Waals surface area contributed by atoms with Crippen LogP contribution in [0.15, 0.2) is 127 Å². The van der Waals surface area contributed by atoms with Crippen LogP contribution in [-0.4, -0.2) is 9.55 Å². The maximum absolute atomic E-state index is 5.03. The van der Waals surface area contributed by atoms with Gasteiger partial charge >= 0.3 is 0 Å². The highest BCUT2D eigenvalue weighted by molar-refractivity contribution is 6.19. The number of rotatable bonds is 4. The average Bonchev–Trinajstić information content (AvgIpc) is 3.35. The molecule has 0 saturated heterocycles. The summed E-state index contributed by atoms with van der Waals surface area (Å²) in [5.74, 6) is 1.08. The molecular formula is C35H26N2. The summed E-state index contributed by atoms with van der Waals surface area (Å²) in [6, 6.07) is 45.7. The molecule has 0 radical (unpaired) electrons. The summed E-state index contributed by atoms with van der Waals surface area (Å²) >= 11 is 0. The predicted molar refractivity (Wildman–Crippen MR) is 156 cm³/mol. The third kappa shape index (κ3) is 3.45. The highest BCUT2D eigenvalue weighted by atomic mass is 15.1. The molecule has 7 aromatic rings. The molecule has 0 spiro atoms. The first-order valence-electron chi connectivity index (χ1n) is 12.9. The molecule has 7 rings (SSSR count). The molecule has 0 bridgehead atoms. The lowest BCUT2D eigenvalue weighted by Gasteiger charge is -2.20. The zero-order chi connectivity index (χ0) is 24.8. The van der Waals surface area contributed by atoms with Crippen LogP contribution in [0.2, 0.25) is 0 Å². The average molecular weight is 475 g/mol. The Hall–Kier alpha value is -4.69. The number of aryl methyl sites for hydroxylation is 1. The molecule has 0 amide bonds. The molecule has 0 aliphatic heterocycles. The van der Waals surface area contributed by atoms with E-state index in [0.29, 0.717) is 0 Å². The van der Waals surface area contributed by atoms with E-state index in [4.69, 9.17) is 4.98 Å². The van der Waals surface area contributed by atoms with E-state index in [0.717, 1.165) is 23.3 Å². The largest absolute Gasteiger partial charge is 0.295 e. The standard InChI is InChI=1S/C35H26N2/c1-2-33-36-31-19-11-12-20-32(31)37(33)35-28-18-10-9-17-27(28)34(25-15-7-4-8-16-25)30-23-26(21-22-29(30)35)24-13-5-3-6-14-24/h3-23H,2H2,1H3. The van der Waals surface area contributed by atoms with Gasteiger partial charge in [-0.25, -0.2) is 4.98 Å². The van der Waals surface area contributed by atoms with Crippen molar-refractivity contribution in [3.8, 4) is 27.9 Å². The Labute approximate surface area is 216 Å². The minimum atomic E-state index is 0.854. The molecule has 0 fully saturated rings. The Kier molecular flexibility index (Phi) is 5.11. The summed E-state index contributed by atoms with van der Waals surface area (Å²) in [5.41, 5.74) is 8.32. The van der Waals surface area contributed by atoms with Gasteiger partial charge in [0.2, 0.25) is 0 Å². The molecule has 0 saturated carbocycles. The van der Waals surface area contributed by atoms with E-state index < -0.39 is 0 Å². The first kappa shape index (κ1) is 21.6. The maximum Gasteiger partial charge on any atom is 0.114 e. The fourth-order valence-corrected chi connectivity index (χ4v) is 5.68. The highest BCUT2D eigenvalue weighted by Gasteiger charge is 2.20. The summed E-state index contributed by atoms with van der Waals surface area (Å²) < 4.78 is 2.39. The van der Waals surface area contributed by atoms with E-state index in [1.165, 1.54) is 49.5 Å². The molecule has 2 nitrogen and oxygen atoms in total. The van der Waals surface area contributed by atoms with Gasteiger partial charge in [-0.1, -0.05) is 116 Å². The Morgan fingerprint density at radius 1 is 0.541 bits per heavy atom. The molecule has 0 aliphatic rings. The number of benzene rings is 6. The van der Waals surface area contributed by atoms with Crippen molar-refractivity contribution in [3.63, 3.8) is 0 Å². The molecule has 176 valence electrons. The minimum absolute atomic E-state index is 0.854. The second kappa shape index (κ2) is 8.76. The van der Waals surface area contributed by atoms with Gasteiger partial charge in [0.15, 0.2) is 0 Å². The fraction of sp³-hybridized carbons (Fsp3) is 0.0571. The Morgan fingerprint density at radius 3 is 1.92 bits per heavy atom. The number of fused-ring (bicyclic) bond motifs is 3. The van der Waals surface area contributed by atoms with Gasteiger partial charge in [0.25, 0.3) is 0 Å². The molecular weight excluding hydrogens is 448 g/mol. The van der Waals surface area contributed by atoms with Crippen LogP contribution in [0, 0.1) is 0 Å². The molecule has 1 heterocycles. The van der Waals surface area contributed by atoms with E-state index in [1.807, 2.05) is 0 Å². The number of aromatic nitrogens is 2. The Bertz CT molecular complexity index is 1900. The topological polar surface area (TPSA) is 17.8 Å². The van der Waals surface area contributed by atoms with Crippen molar-refractivity contribution >= 4 is 32.6 Å². The number of para-hydroxylation sites is 2. The third-order valence-corrected chi connectivity index (χ3v) is 7.34. The van der Waals surface area contributed by atoms with Crippen molar-refractivity contribution in [1.82, 2.24) is 9.55 Å². The first-order valence-corrected chi connectivity index (χ1v) is 12.9. The van der Waals surface area contributed by atoms with Crippen molar-refractivity contribution in [2.75, 3.05) is 0 Å². The summed E-state index contributed by atoms with van der Waals surface area (Å²) in [6.45, 7) is 2.19. The van der Waals surface area contributed by atoms with Crippen molar-refractivity contribution in [2.24, 2.45) is 0 Å². The SMILES string of the molecule is CCc1nc2ccccc2n1-c1c2ccccc2c(-c2ccccc2)c2cc(-c3ccccc3)ccc12. The first-order chi connectivity index (χ1) is 18.3. The molecule has 0 N–H and O–H groups in total. The van der Waals surface area contributed by atoms with Gasteiger partial charge in [0.05, 0.1) is 16.7 Å². The minimum Gasteiger partial charge on any atom is -0.295 e. The number of hydrogen-bond donors (Lipinski definition) is 0. The maximum atomic E-state index is 5.03. The van der Waals surface area contributed by atoms with Gasteiger partial charge in [-0.2, -0.15) is 0 Å². The van der Waals surface area contributed by atoms with Crippen LogP contribution in [0.1, 0.15) is 12.7 Å². The van der Waals surface area contributed by atoms with Gasteiger partial charge in [0.1, 0.15) is 5.82 Å². The molecule has 6 aromatic carbocycles. The second-order valence-electron chi connectivity index (χ2n) is 9.47. The van der Waals surface area contributed by atoms with Crippen LogP contribution in [0.4, 0.5) is 0 Å². The third-order valence-electron chi connectivity index (χ3n) is 7.34. The van der Waals surface area contributed by atoms with Crippen LogP contribution in [0.25, 0.3) is 60.5 Å². The predicted octanol–water partition coefficient (Wildman–Crippen LogP) is 9.23. The van der Waals surface area contributed by atoms with Crippen LogP contribution in [0.5, 0.6) is 0 Å². The second-order valence-corrected chi connectivity index (χ2v) is 9.47. The van der Waals surface area contributed by atoms with E-state index in [9.17, 15) is 0 Å². The number of nitrogens with zero attached hydrogens (tertiary/aromatic N) is 2. The summed E-state index contributed by atoms with van der Waals surface area (Å²) in [6.07, 6.45) is 0.854. The van der Waals surface area contributed by atoms with Crippen LogP contribution in [0.3, 0.4) is 0 Å². The molecule has 0 atom stereocenters. The van der Waals surface area contributed by atoms with Crippen molar-refractivity contribution < 1.29 is 0 Å². The lowest BCUT2D eigenvalue weighted by atomic mass is 9.88. The lowest BCUT2D eigenvalue weighted by Crippen LogP contribution is -2.03. The van der Waals surface area contributed by atoms with Crippen LogP contribution in [-0.2, 0) is 6.42 Å². The number of hydrogen-bond acceptors (Lipinski definition) is 1. The molecule has 1 aromatic heterocycles. The molecule has 0 aliphatic carbocycles. The van der Waals surface area contributed by atoms with Gasteiger partial charge < -0.3 is 0 Å². The Morgan fingerprint density at radius 2 is 1.16 bits per heavy atom. The lowest BCUT2D eigenvalue weighted by molar-refractivity contribution is 0.917. The monoisotopic (exact) mass is 474 g/mol.